The number of aliphatic hydroxyl groups excluding tert-OH is 2. The third-order valence-corrected chi connectivity index (χ3v) is 6.08. The van der Waals surface area contributed by atoms with Crippen molar-refractivity contribution in [3.05, 3.63) is 23.3 Å². The standard InChI is InChI=1S/2C10H16O/c2*11-10-7-6-9(10)8-4-2-1-3-5-8/h2*4,9-11H,1-3,5-7H2/t2*9-,10+/m10/s1. The molecule has 0 radical (unpaired) electrons. The van der Waals surface area contributed by atoms with Crippen molar-refractivity contribution in [1.29, 1.82) is 0 Å². The molecule has 0 aromatic carbocycles. The van der Waals surface area contributed by atoms with Gasteiger partial charge in [-0.3, -0.25) is 0 Å². The lowest BCUT2D eigenvalue weighted by Crippen LogP contribution is -2.33. The van der Waals surface area contributed by atoms with Gasteiger partial charge in [0.25, 0.3) is 0 Å². The summed E-state index contributed by atoms with van der Waals surface area (Å²) >= 11 is 0. The van der Waals surface area contributed by atoms with E-state index in [1.165, 1.54) is 64.2 Å². The van der Waals surface area contributed by atoms with Crippen molar-refractivity contribution >= 4 is 0 Å². The van der Waals surface area contributed by atoms with Gasteiger partial charge < -0.3 is 10.2 Å². The SMILES string of the molecule is O[C@@H]1CC[C@H]1C1=CCCCC1.O[C@H]1CC[C@@H]1C1=CCCCC1. The molecule has 0 aromatic heterocycles. The van der Waals surface area contributed by atoms with Crippen molar-refractivity contribution in [1.82, 2.24) is 0 Å². The van der Waals surface area contributed by atoms with Crippen LogP contribution in [0.1, 0.15) is 77.0 Å². The van der Waals surface area contributed by atoms with E-state index in [0.29, 0.717) is 11.8 Å². The van der Waals surface area contributed by atoms with Gasteiger partial charge in [0.15, 0.2) is 0 Å². The number of hydrogen-bond donors (Lipinski definition) is 2. The Morgan fingerprint density at radius 1 is 0.636 bits per heavy atom. The van der Waals surface area contributed by atoms with Crippen molar-refractivity contribution in [3.8, 4) is 0 Å². The zero-order chi connectivity index (χ0) is 15.4. The van der Waals surface area contributed by atoms with Crippen LogP contribution in [-0.4, -0.2) is 22.4 Å². The Labute approximate surface area is 135 Å². The highest BCUT2D eigenvalue weighted by atomic mass is 16.3. The van der Waals surface area contributed by atoms with Crippen LogP contribution in [0.4, 0.5) is 0 Å². The minimum atomic E-state index is -0.000602. The Morgan fingerprint density at radius 3 is 1.32 bits per heavy atom. The van der Waals surface area contributed by atoms with Crippen LogP contribution in [-0.2, 0) is 0 Å². The second-order valence-corrected chi connectivity index (χ2v) is 7.55. The van der Waals surface area contributed by atoms with Gasteiger partial charge in [-0.2, -0.15) is 0 Å². The molecule has 0 aliphatic heterocycles. The maximum absolute atomic E-state index is 9.42. The molecule has 0 amide bonds. The highest BCUT2D eigenvalue weighted by Crippen LogP contribution is 2.38. The van der Waals surface area contributed by atoms with Crippen molar-refractivity contribution in [2.75, 3.05) is 0 Å². The molecular weight excluding hydrogens is 272 g/mol. The first-order valence-electron chi connectivity index (χ1n) is 9.49. The monoisotopic (exact) mass is 304 g/mol. The van der Waals surface area contributed by atoms with E-state index < -0.39 is 0 Å². The van der Waals surface area contributed by atoms with E-state index in [9.17, 15) is 10.2 Å². The van der Waals surface area contributed by atoms with Crippen LogP contribution in [0, 0.1) is 11.8 Å². The molecule has 4 aliphatic carbocycles. The van der Waals surface area contributed by atoms with Crippen LogP contribution in [0.25, 0.3) is 0 Å². The molecule has 2 fully saturated rings. The molecule has 0 bridgehead atoms. The third-order valence-electron chi connectivity index (χ3n) is 6.08. The second-order valence-electron chi connectivity index (χ2n) is 7.55. The summed E-state index contributed by atoms with van der Waals surface area (Å²) < 4.78 is 0. The van der Waals surface area contributed by atoms with Crippen LogP contribution >= 0.6 is 0 Å². The van der Waals surface area contributed by atoms with Crippen LogP contribution in [0.3, 0.4) is 0 Å². The van der Waals surface area contributed by atoms with E-state index in [4.69, 9.17) is 0 Å². The first kappa shape index (κ1) is 16.3. The lowest BCUT2D eigenvalue weighted by atomic mass is 9.74. The molecule has 0 spiro atoms. The smallest absolute Gasteiger partial charge is 0.0605 e. The van der Waals surface area contributed by atoms with E-state index in [2.05, 4.69) is 12.2 Å². The van der Waals surface area contributed by atoms with Crippen LogP contribution < -0.4 is 0 Å². The first-order valence-corrected chi connectivity index (χ1v) is 9.49. The summed E-state index contributed by atoms with van der Waals surface area (Å²) in [5.41, 5.74) is 3.10. The number of aliphatic hydroxyl groups is 2. The molecule has 0 unspecified atom stereocenters. The average Bonchev–Trinajstić information content (AvgIpc) is 2.54. The minimum Gasteiger partial charge on any atom is -0.393 e. The molecule has 0 aromatic rings. The fourth-order valence-electron chi connectivity index (χ4n) is 4.23. The Balaban J connectivity index is 0.000000131. The summed E-state index contributed by atoms with van der Waals surface area (Å²) in [6.07, 6.45) is 19.6. The quantitative estimate of drug-likeness (QED) is 0.737. The number of hydrogen-bond acceptors (Lipinski definition) is 2. The Kier molecular flexibility index (Phi) is 5.76. The van der Waals surface area contributed by atoms with Crippen molar-refractivity contribution in [2.24, 2.45) is 11.8 Å². The molecule has 2 N–H and O–H groups in total. The molecule has 2 saturated carbocycles. The fraction of sp³-hybridized carbons (Fsp3) is 0.800. The molecule has 4 rings (SSSR count). The van der Waals surface area contributed by atoms with Gasteiger partial charge in [-0.15, -0.1) is 0 Å². The normalized spacial score (nSPS) is 37.7. The molecule has 124 valence electrons. The summed E-state index contributed by atoms with van der Waals surface area (Å²) in [5, 5.41) is 18.8. The molecule has 4 atom stereocenters. The molecule has 2 nitrogen and oxygen atoms in total. The maximum atomic E-state index is 9.42. The van der Waals surface area contributed by atoms with Gasteiger partial charge in [0.2, 0.25) is 0 Å². The number of allylic oxidation sites excluding steroid dienone is 2. The first-order chi connectivity index (χ1) is 10.8. The van der Waals surface area contributed by atoms with Gasteiger partial charge in [-0.1, -0.05) is 23.3 Å². The van der Waals surface area contributed by atoms with Gasteiger partial charge >= 0.3 is 0 Å². The van der Waals surface area contributed by atoms with Crippen molar-refractivity contribution in [2.45, 2.75) is 89.3 Å². The van der Waals surface area contributed by atoms with E-state index >= 15 is 0 Å². The zero-order valence-electron chi connectivity index (χ0n) is 13.8. The topological polar surface area (TPSA) is 40.5 Å². The van der Waals surface area contributed by atoms with Crippen LogP contribution in [0.2, 0.25) is 0 Å². The summed E-state index contributed by atoms with van der Waals surface area (Å²) in [7, 11) is 0. The fourth-order valence-corrected chi connectivity index (χ4v) is 4.23. The van der Waals surface area contributed by atoms with Crippen molar-refractivity contribution in [3.63, 3.8) is 0 Å². The second kappa shape index (κ2) is 7.79. The van der Waals surface area contributed by atoms with E-state index in [0.717, 1.165) is 12.8 Å². The molecule has 0 saturated heterocycles. The van der Waals surface area contributed by atoms with Crippen LogP contribution in [0.5, 0.6) is 0 Å². The van der Waals surface area contributed by atoms with E-state index in [1.54, 1.807) is 11.1 Å². The molecule has 2 heteroatoms. The maximum Gasteiger partial charge on any atom is 0.0605 e. The molecular formula is C20H32O2. The average molecular weight is 304 g/mol. The Hall–Kier alpha value is -0.600. The minimum absolute atomic E-state index is 0.000602. The largest absolute Gasteiger partial charge is 0.393 e. The summed E-state index contributed by atoms with van der Waals surface area (Å²) in [4.78, 5) is 0. The van der Waals surface area contributed by atoms with Gasteiger partial charge in [0.1, 0.15) is 0 Å². The highest BCUT2D eigenvalue weighted by Gasteiger charge is 2.32. The predicted molar refractivity (Wildman–Crippen MR) is 90.6 cm³/mol. The van der Waals surface area contributed by atoms with E-state index in [-0.39, 0.29) is 12.2 Å². The number of rotatable bonds is 2. The molecule has 4 aliphatic rings. The lowest BCUT2D eigenvalue weighted by Gasteiger charge is -2.35. The molecule has 22 heavy (non-hydrogen) atoms. The van der Waals surface area contributed by atoms with Crippen molar-refractivity contribution < 1.29 is 10.2 Å². The molecule has 0 heterocycles. The third kappa shape index (κ3) is 3.83. The predicted octanol–water partition coefficient (Wildman–Crippen LogP) is 4.52. The van der Waals surface area contributed by atoms with Gasteiger partial charge in [0, 0.05) is 11.8 Å². The summed E-state index contributed by atoms with van der Waals surface area (Å²) in [5.74, 6) is 1.10. The van der Waals surface area contributed by atoms with Crippen LogP contribution in [0.15, 0.2) is 23.3 Å². The van der Waals surface area contributed by atoms with Gasteiger partial charge in [-0.05, 0) is 77.0 Å². The Morgan fingerprint density at radius 2 is 1.09 bits per heavy atom. The Bertz CT molecular complexity index is 383. The van der Waals surface area contributed by atoms with E-state index in [1.807, 2.05) is 0 Å². The summed E-state index contributed by atoms with van der Waals surface area (Å²) in [6.45, 7) is 0. The highest BCUT2D eigenvalue weighted by molar-refractivity contribution is 5.15. The van der Waals surface area contributed by atoms with Gasteiger partial charge in [-0.25, -0.2) is 0 Å². The van der Waals surface area contributed by atoms with Gasteiger partial charge in [0.05, 0.1) is 12.2 Å². The lowest BCUT2D eigenvalue weighted by molar-refractivity contribution is 0.0412. The summed E-state index contributed by atoms with van der Waals surface area (Å²) in [6, 6.07) is 0. The zero-order valence-corrected chi connectivity index (χ0v) is 13.8.